The maximum absolute atomic E-state index is 13.0. The van der Waals surface area contributed by atoms with E-state index in [1.165, 1.54) is 6.08 Å². The molecule has 0 saturated heterocycles. The molecule has 0 heterocycles. The Kier molecular flexibility index (Phi) is 6.33. The predicted octanol–water partition coefficient (Wildman–Crippen LogP) is 1.72. The number of aliphatic imine (C=N–C) groups is 1. The van der Waals surface area contributed by atoms with Crippen molar-refractivity contribution in [2.24, 2.45) is 16.6 Å². The molecule has 0 spiro atoms. The van der Waals surface area contributed by atoms with E-state index in [4.69, 9.17) is 10.8 Å². The van der Waals surface area contributed by atoms with Gasteiger partial charge in [0.15, 0.2) is 0 Å². The highest BCUT2D eigenvalue weighted by molar-refractivity contribution is 5.77. The number of hydrogen-bond donors (Lipinski definition) is 2. The molecule has 0 aromatic carbocycles. The van der Waals surface area contributed by atoms with Gasteiger partial charge < -0.3 is 10.8 Å². The zero-order valence-corrected chi connectivity index (χ0v) is 9.03. The minimum absolute atomic E-state index is 0.0657. The third kappa shape index (κ3) is 7.66. The average molecular weight is 216 g/mol. The lowest BCUT2D eigenvalue weighted by Crippen LogP contribution is -2.08. The minimum atomic E-state index is -0.861. The number of rotatable bonds is 6. The maximum Gasteiger partial charge on any atom is 0.306 e. The number of carboxylic acid groups (broad SMARTS) is 1. The van der Waals surface area contributed by atoms with E-state index in [1.54, 1.807) is 13.8 Å². The summed E-state index contributed by atoms with van der Waals surface area (Å²) >= 11 is 0. The van der Waals surface area contributed by atoms with Crippen LogP contribution >= 0.6 is 0 Å². The lowest BCUT2D eigenvalue weighted by molar-refractivity contribution is -0.141. The molecule has 0 aromatic heterocycles. The van der Waals surface area contributed by atoms with Crippen LogP contribution in [0.2, 0.25) is 0 Å². The number of nitrogens with zero attached hydrogens (tertiary/aromatic N) is 1. The Morgan fingerprint density at radius 2 is 2.27 bits per heavy atom. The SMILES string of the molecule is CC(N)=NCC(F)=CCC[C@H](C)C(=O)O. The summed E-state index contributed by atoms with van der Waals surface area (Å²) in [5.74, 6) is -1.36. The van der Waals surface area contributed by atoms with E-state index in [-0.39, 0.29) is 12.4 Å². The highest BCUT2D eigenvalue weighted by atomic mass is 19.1. The van der Waals surface area contributed by atoms with E-state index < -0.39 is 11.9 Å². The molecule has 0 rings (SSSR count). The van der Waals surface area contributed by atoms with Crippen LogP contribution in [0.15, 0.2) is 16.9 Å². The molecule has 0 fully saturated rings. The molecular weight excluding hydrogens is 199 g/mol. The first kappa shape index (κ1) is 13.6. The Morgan fingerprint density at radius 3 is 2.73 bits per heavy atom. The lowest BCUT2D eigenvalue weighted by atomic mass is 10.1. The Bertz CT molecular complexity index is 271. The molecule has 0 radical (unpaired) electrons. The number of carboxylic acids is 1. The van der Waals surface area contributed by atoms with Crippen molar-refractivity contribution in [3.63, 3.8) is 0 Å². The summed E-state index contributed by atoms with van der Waals surface area (Å²) in [4.78, 5) is 14.1. The summed E-state index contributed by atoms with van der Waals surface area (Å²) in [6.45, 7) is 3.11. The van der Waals surface area contributed by atoms with E-state index in [0.29, 0.717) is 18.7 Å². The topological polar surface area (TPSA) is 75.7 Å². The van der Waals surface area contributed by atoms with Crippen LogP contribution in [0.25, 0.3) is 0 Å². The largest absolute Gasteiger partial charge is 0.481 e. The monoisotopic (exact) mass is 216 g/mol. The molecule has 5 heteroatoms. The molecule has 4 nitrogen and oxygen atoms in total. The third-order valence-electron chi connectivity index (χ3n) is 1.87. The molecule has 3 N–H and O–H groups in total. The van der Waals surface area contributed by atoms with E-state index >= 15 is 0 Å². The van der Waals surface area contributed by atoms with Gasteiger partial charge in [0.2, 0.25) is 0 Å². The fourth-order valence-corrected chi connectivity index (χ4v) is 0.878. The van der Waals surface area contributed by atoms with Crippen LogP contribution in [0, 0.1) is 5.92 Å². The molecule has 15 heavy (non-hydrogen) atoms. The average Bonchev–Trinajstić information content (AvgIpc) is 2.14. The van der Waals surface area contributed by atoms with Crippen LogP contribution in [-0.2, 0) is 4.79 Å². The summed E-state index contributed by atoms with van der Waals surface area (Å²) in [7, 11) is 0. The van der Waals surface area contributed by atoms with Gasteiger partial charge in [0, 0.05) is 0 Å². The van der Waals surface area contributed by atoms with Gasteiger partial charge >= 0.3 is 5.97 Å². The van der Waals surface area contributed by atoms with Gasteiger partial charge in [0.25, 0.3) is 0 Å². The molecule has 86 valence electrons. The number of carbonyl (C=O) groups is 1. The summed E-state index contributed by atoms with van der Waals surface area (Å²) in [6.07, 6.45) is 2.18. The van der Waals surface area contributed by atoms with Gasteiger partial charge in [0.1, 0.15) is 5.83 Å². The molecular formula is C10H17FN2O2. The van der Waals surface area contributed by atoms with Gasteiger partial charge in [-0.25, -0.2) is 4.39 Å². The van der Waals surface area contributed by atoms with Crippen LogP contribution in [0.3, 0.4) is 0 Å². The van der Waals surface area contributed by atoms with Crippen LogP contribution < -0.4 is 5.73 Å². The van der Waals surface area contributed by atoms with Gasteiger partial charge in [-0.15, -0.1) is 0 Å². The summed E-state index contributed by atoms with van der Waals surface area (Å²) in [5.41, 5.74) is 5.24. The molecule has 0 unspecified atom stereocenters. The van der Waals surface area contributed by atoms with Gasteiger partial charge in [-0.2, -0.15) is 0 Å². The van der Waals surface area contributed by atoms with Crippen molar-refractivity contribution < 1.29 is 14.3 Å². The number of aliphatic carboxylic acids is 1. The number of nitrogens with two attached hydrogens (primary N) is 1. The minimum Gasteiger partial charge on any atom is -0.481 e. The smallest absolute Gasteiger partial charge is 0.306 e. The summed E-state index contributed by atoms with van der Waals surface area (Å²) in [6, 6.07) is 0. The lowest BCUT2D eigenvalue weighted by Gasteiger charge is -2.02. The van der Waals surface area contributed by atoms with Gasteiger partial charge in [-0.05, 0) is 19.8 Å². The quantitative estimate of drug-likeness (QED) is 0.524. The van der Waals surface area contributed by atoms with Crippen molar-refractivity contribution in [3.8, 4) is 0 Å². The summed E-state index contributed by atoms with van der Waals surface area (Å²) < 4.78 is 13.0. The molecule has 1 atom stereocenters. The molecule has 0 aliphatic carbocycles. The van der Waals surface area contributed by atoms with Gasteiger partial charge in [-0.1, -0.05) is 13.0 Å². The molecule has 0 bridgehead atoms. The number of hydrogen-bond acceptors (Lipinski definition) is 2. The highest BCUT2D eigenvalue weighted by Gasteiger charge is 2.08. The number of allylic oxidation sites excluding steroid dienone is 1. The number of amidine groups is 1. The standard InChI is InChI=1S/C10H17FN2O2/c1-7(10(14)15)4-3-5-9(11)6-13-8(2)12/h5,7H,3-4,6H2,1-2H3,(H2,12,13)(H,14,15)/t7-/m0/s1. The highest BCUT2D eigenvalue weighted by Crippen LogP contribution is 2.08. The zero-order valence-electron chi connectivity index (χ0n) is 9.03. The Labute approximate surface area is 88.7 Å². The molecule has 0 saturated carbocycles. The molecule has 0 aliphatic heterocycles. The van der Waals surface area contributed by atoms with Gasteiger partial charge in [-0.3, -0.25) is 9.79 Å². The van der Waals surface area contributed by atoms with Crippen molar-refractivity contribution in [2.45, 2.75) is 26.7 Å². The normalized spacial score (nSPS) is 15.1. The molecule has 0 aliphatic rings. The fourth-order valence-electron chi connectivity index (χ4n) is 0.878. The Morgan fingerprint density at radius 1 is 1.67 bits per heavy atom. The zero-order chi connectivity index (χ0) is 11.8. The van der Waals surface area contributed by atoms with E-state index in [1.807, 2.05) is 0 Å². The van der Waals surface area contributed by atoms with E-state index in [0.717, 1.165) is 0 Å². The van der Waals surface area contributed by atoms with Gasteiger partial charge in [0.05, 0.1) is 18.3 Å². The first-order chi connectivity index (χ1) is 6.93. The fraction of sp³-hybridized carbons (Fsp3) is 0.600. The van der Waals surface area contributed by atoms with Crippen molar-refractivity contribution in [3.05, 3.63) is 11.9 Å². The Hall–Kier alpha value is -1.39. The Balaban J connectivity index is 3.86. The van der Waals surface area contributed by atoms with Crippen molar-refractivity contribution >= 4 is 11.8 Å². The van der Waals surface area contributed by atoms with Crippen molar-refractivity contribution in [1.29, 1.82) is 0 Å². The van der Waals surface area contributed by atoms with E-state index in [2.05, 4.69) is 4.99 Å². The van der Waals surface area contributed by atoms with Crippen LogP contribution in [-0.4, -0.2) is 23.5 Å². The first-order valence-corrected chi connectivity index (χ1v) is 4.77. The second kappa shape index (κ2) is 6.98. The second-order valence-electron chi connectivity index (χ2n) is 3.43. The van der Waals surface area contributed by atoms with E-state index in [9.17, 15) is 9.18 Å². The van der Waals surface area contributed by atoms with Crippen molar-refractivity contribution in [1.82, 2.24) is 0 Å². The second-order valence-corrected chi connectivity index (χ2v) is 3.43. The van der Waals surface area contributed by atoms with Crippen LogP contribution in [0.5, 0.6) is 0 Å². The molecule has 0 amide bonds. The first-order valence-electron chi connectivity index (χ1n) is 4.77. The summed E-state index contributed by atoms with van der Waals surface area (Å²) in [5, 5.41) is 8.57. The van der Waals surface area contributed by atoms with Crippen molar-refractivity contribution in [2.75, 3.05) is 6.54 Å². The molecule has 0 aromatic rings. The van der Waals surface area contributed by atoms with Crippen LogP contribution in [0.4, 0.5) is 4.39 Å². The predicted molar refractivity (Wildman–Crippen MR) is 57.4 cm³/mol. The van der Waals surface area contributed by atoms with Crippen LogP contribution in [0.1, 0.15) is 26.7 Å². The third-order valence-corrected chi connectivity index (χ3v) is 1.87. The number of halogens is 1. The maximum atomic E-state index is 13.0.